The first-order chi connectivity index (χ1) is 13.0. The summed E-state index contributed by atoms with van der Waals surface area (Å²) in [5.41, 5.74) is 4.55. The maximum Gasteiger partial charge on any atom is 0.322 e. The number of halogens is 1. The van der Waals surface area contributed by atoms with Gasteiger partial charge in [-0.3, -0.25) is 0 Å². The zero-order chi connectivity index (χ0) is 19.4. The predicted molar refractivity (Wildman–Crippen MR) is 111 cm³/mol. The lowest BCUT2D eigenvalue weighted by Gasteiger charge is -2.37. The number of hydrogen-bond donors (Lipinski definition) is 1. The maximum absolute atomic E-state index is 12.7. The van der Waals surface area contributed by atoms with Gasteiger partial charge in [0.25, 0.3) is 0 Å². The molecule has 1 saturated heterocycles. The van der Waals surface area contributed by atoms with Gasteiger partial charge in [-0.1, -0.05) is 36.7 Å². The summed E-state index contributed by atoms with van der Waals surface area (Å²) < 4.78 is 5.30. The minimum Gasteiger partial charge on any atom is -0.495 e. The van der Waals surface area contributed by atoms with Crippen LogP contribution in [0.25, 0.3) is 0 Å². The number of carbonyl (C=O) groups is 1. The third-order valence-corrected chi connectivity index (χ3v) is 5.22. The van der Waals surface area contributed by atoms with Crippen LogP contribution in [0.4, 0.5) is 16.2 Å². The molecule has 2 aromatic rings. The van der Waals surface area contributed by atoms with E-state index in [2.05, 4.69) is 42.3 Å². The summed E-state index contributed by atoms with van der Waals surface area (Å²) in [6.07, 6.45) is 1.01. The van der Waals surface area contributed by atoms with E-state index in [1.165, 1.54) is 16.8 Å². The number of hydrogen-bond acceptors (Lipinski definition) is 3. The fraction of sp³-hybridized carbons (Fsp3) is 0.381. The molecule has 0 atom stereocenters. The summed E-state index contributed by atoms with van der Waals surface area (Å²) in [6, 6.07) is 11.5. The summed E-state index contributed by atoms with van der Waals surface area (Å²) >= 11 is 6.05. The van der Waals surface area contributed by atoms with Gasteiger partial charge in [0.05, 0.1) is 12.8 Å². The normalized spacial score (nSPS) is 14.2. The molecular formula is C21H26ClN3O2. The molecule has 1 aliphatic rings. The highest BCUT2D eigenvalue weighted by Crippen LogP contribution is 2.29. The Kier molecular flexibility index (Phi) is 6.11. The van der Waals surface area contributed by atoms with Crippen molar-refractivity contribution in [3.63, 3.8) is 0 Å². The lowest BCUT2D eigenvalue weighted by atomic mass is 10.0. The highest BCUT2D eigenvalue weighted by atomic mass is 35.5. The molecule has 0 spiro atoms. The van der Waals surface area contributed by atoms with Crippen molar-refractivity contribution in [1.82, 2.24) is 4.90 Å². The summed E-state index contributed by atoms with van der Waals surface area (Å²) in [4.78, 5) is 16.9. The molecule has 5 nitrogen and oxygen atoms in total. The highest BCUT2D eigenvalue weighted by Gasteiger charge is 2.24. The van der Waals surface area contributed by atoms with E-state index < -0.39 is 0 Å². The first kappa shape index (κ1) is 19.4. The van der Waals surface area contributed by atoms with Crippen molar-refractivity contribution in [3.8, 4) is 5.75 Å². The largest absolute Gasteiger partial charge is 0.495 e. The lowest BCUT2D eigenvalue weighted by molar-refractivity contribution is 0.208. The standard InChI is InChI=1S/C21H26ClN3O2/c1-4-16-7-5-6-15(2)20(16)24-10-12-25(13-11-24)21(26)23-18-14-17(22)8-9-19(18)27-3/h5-9,14H,4,10-13H2,1-3H3,(H,23,26). The molecule has 3 rings (SSSR count). The number of nitrogens with one attached hydrogen (secondary N) is 1. The van der Waals surface area contributed by atoms with Crippen molar-refractivity contribution in [2.45, 2.75) is 20.3 Å². The molecule has 0 radical (unpaired) electrons. The van der Waals surface area contributed by atoms with Crippen molar-refractivity contribution in [3.05, 3.63) is 52.5 Å². The summed E-state index contributed by atoms with van der Waals surface area (Å²) in [5.74, 6) is 0.596. The van der Waals surface area contributed by atoms with Crippen LogP contribution in [0.5, 0.6) is 5.75 Å². The van der Waals surface area contributed by atoms with Crippen LogP contribution < -0.4 is 15.0 Å². The van der Waals surface area contributed by atoms with E-state index in [4.69, 9.17) is 16.3 Å². The lowest BCUT2D eigenvalue weighted by Crippen LogP contribution is -2.50. The molecule has 1 heterocycles. The van der Waals surface area contributed by atoms with Crippen LogP contribution in [0.2, 0.25) is 5.02 Å². The second-order valence-corrected chi connectivity index (χ2v) is 7.12. The number of amides is 2. The van der Waals surface area contributed by atoms with Crippen LogP contribution in [0, 0.1) is 6.92 Å². The van der Waals surface area contributed by atoms with Gasteiger partial charge in [-0.25, -0.2) is 4.79 Å². The van der Waals surface area contributed by atoms with Gasteiger partial charge in [-0.05, 0) is 42.7 Å². The van der Waals surface area contributed by atoms with Gasteiger partial charge < -0.3 is 19.9 Å². The quantitative estimate of drug-likeness (QED) is 0.835. The Morgan fingerprint density at radius 1 is 1.19 bits per heavy atom. The molecule has 1 fully saturated rings. The van der Waals surface area contributed by atoms with E-state index in [-0.39, 0.29) is 6.03 Å². The molecule has 0 bridgehead atoms. The molecule has 144 valence electrons. The van der Waals surface area contributed by atoms with Crippen LogP contribution in [0.3, 0.4) is 0 Å². The highest BCUT2D eigenvalue weighted by molar-refractivity contribution is 6.31. The molecule has 1 N–H and O–H groups in total. The fourth-order valence-corrected chi connectivity index (χ4v) is 3.73. The third kappa shape index (κ3) is 4.30. The average molecular weight is 388 g/mol. The molecule has 27 heavy (non-hydrogen) atoms. The minimum absolute atomic E-state index is 0.129. The van der Waals surface area contributed by atoms with Crippen molar-refractivity contribution >= 4 is 29.0 Å². The van der Waals surface area contributed by atoms with E-state index in [0.29, 0.717) is 29.5 Å². The van der Waals surface area contributed by atoms with E-state index in [1.807, 2.05) is 4.90 Å². The number of ether oxygens (including phenoxy) is 1. The van der Waals surface area contributed by atoms with E-state index in [9.17, 15) is 4.79 Å². The van der Waals surface area contributed by atoms with Crippen molar-refractivity contribution in [2.75, 3.05) is 43.5 Å². The Hall–Kier alpha value is -2.40. The number of carbonyl (C=O) groups excluding carboxylic acids is 1. The Balaban J connectivity index is 1.66. The van der Waals surface area contributed by atoms with Crippen molar-refractivity contribution < 1.29 is 9.53 Å². The number of urea groups is 1. The van der Waals surface area contributed by atoms with Crippen LogP contribution >= 0.6 is 11.6 Å². The van der Waals surface area contributed by atoms with Gasteiger partial charge in [0, 0.05) is 36.9 Å². The van der Waals surface area contributed by atoms with Crippen LogP contribution in [-0.4, -0.2) is 44.2 Å². The zero-order valence-electron chi connectivity index (χ0n) is 16.1. The monoisotopic (exact) mass is 387 g/mol. The summed E-state index contributed by atoms with van der Waals surface area (Å²) in [7, 11) is 1.57. The van der Waals surface area contributed by atoms with E-state index in [1.54, 1.807) is 25.3 Å². The van der Waals surface area contributed by atoms with Gasteiger partial charge in [-0.15, -0.1) is 0 Å². The van der Waals surface area contributed by atoms with Gasteiger partial charge in [-0.2, -0.15) is 0 Å². The number of nitrogens with zero attached hydrogens (tertiary/aromatic N) is 2. The van der Waals surface area contributed by atoms with E-state index in [0.717, 1.165) is 19.5 Å². The number of benzene rings is 2. The minimum atomic E-state index is -0.129. The Morgan fingerprint density at radius 3 is 2.59 bits per heavy atom. The second-order valence-electron chi connectivity index (χ2n) is 6.69. The zero-order valence-corrected chi connectivity index (χ0v) is 16.8. The first-order valence-electron chi connectivity index (χ1n) is 9.26. The number of anilines is 2. The van der Waals surface area contributed by atoms with E-state index >= 15 is 0 Å². The average Bonchev–Trinajstić information content (AvgIpc) is 2.68. The molecule has 6 heteroatoms. The summed E-state index contributed by atoms with van der Waals surface area (Å²) in [6.45, 7) is 7.31. The SMILES string of the molecule is CCc1cccc(C)c1N1CCN(C(=O)Nc2cc(Cl)ccc2OC)CC1. The first-order valence-corrected chi connectivity index (χ1v) is 9.64. The molecule has 0 aromatic heterocycles. The Bertz CT molecular complexity index is 817. The number of rotatable bonds is 4. The van der Waals surface area contributed by atoms with Gasteiger partial charge in [0.2, 0.25) is 0 Å². The van der Waals surface area contributed by atoms with Crippen LogP contribution in [0.15, 0.2) is 36.4 Å². The number of aryl methyl sites for hydroxylation is 2. The molecule has 1 aliphatic heterocycles. The molecule has 2 aromatic carbocycles. The topological polar surface area (TPSA) is 44.8 Å². The fourth-order valence-electron chi connectivity index (χ4n) is 3.56. The van der Waals surface area contributed by atoms with Crippen molar-refractivity contribution in [1.29, 1.82) is 0 Å². The smallest absolute Gasteiger partial charge is 0.322 e. The molecule has 0 saturated carbocycles. The third-order valence-electron chi connectivity index (χ3n) is 4.99. The molecule has 0 unspecified atom stereocenters. The Labute approximate surface area is 165 Å². The molecular weight excluding hydrogens is 362 g/mol. The second kappa shape index (κ2) is 8.53. The molecule has 2 amide bonds. The van der Waals surface area contributed by atoms with Crippen LogP contribution in [0.1, 0.15) is 18.1 Å². The predicted octanol–water partition coefficient (Wildman–Crippen LogP) is 4.57. The number of para-hydroxylation sites is 1. The summed E-state index contributed by atoms with van der Waals surface area (Å²) in [5, 5.41) is 3.48. The van der Waals surface area contributed by atoms with Gasteiger partial charge >= 0.3 is 6.03 Å². The maximum atomic E-state index is 12.7. The van der Waals surface area contributed by atoms with Gasteiger partial charge in [0.1, 0.15) is 5.75 Å². The Morgan fingerprint density at radius 2 is 1.93 bits per heavy atom. The van der Waals surface area contributed by atoms with Crippen LogP contribution in [-0.2, 0) is 6.42 Å². The molecule has 0 aliphatic carbocycles. The van der Waals surface area contributed by atoms with Crippen molar-refractivity contribution in [2.24, 2.45) is 0 Å². The number of piperazine rings is 1. The van der Waals surface area contributed by atoms with Gasteiger partial charge in [0.15, 0.2) is 0 Å². The number of methoxy groups -OCH3 is 1.